The lowest BCUT2D eigenvalue weighted by atomic mass is 10.1. The fourth-order valence-corrected chi connectivity index (χ4v) is 2.60. The Morgan fingerprint density at radius 3 is 2.46 bits per heavy atom. The van der Waals surface area contributed by atoms with Gasteiger partial charge in [0.1, 0.15) is 30.6 Å². The zero-order chi connectivity index (χ0) is 20.4. The molecule has 0 saturated carbocycles. The molecule has 2 aromatic rings. The third kappa shape index (κ3) is 5.78. The molecule has 1 N–H and O–H groups in total. The molecule has 28 heavy (non-hydrogen) atoms. The Labute approximate surface area is 164 Å². The molecule has 0 fully saturated rings. The van der Waals surface area contributed by atoms with Crippen molar-refractivity contribution >= 4 is 12.0 Å². The lowest BCUT2D eigenvalue weighted by molar-refractivity contribution is -0.132. The third-order valence-corrected chi connectivity index (χ3v) is 3.94. The number of hydrogen-bond donors (Lipinski definition) is 1. The Bertz CT molecular complexity index is 865. The second-order valence-corrected chi connectivity index (χ2v) is 5.94. The molecule has 6 nitrogen and oxygen atoms in total. The monoisotopic (exact) mass is 381 g/mol. The van der Waals surface area contributed by atoms with Crippen LogP contribution in [0.2, 0.25) is 0 Å². The number of nitriles is 1. The molecule has 0 radical (unpaired) electrons. The Balaban J connectivity index is 2.05. The van der Waals surface area contributed by atoms with Crippen LogP contribution < -0.4 is 14.2 Å². The molecule has 0 bridgehead atoms. The smallest absolute Gasteiger partial charge is 0.346 e. The summed E-state index contributed by atoms with van der Waals surface area (Å²) in [6, 6.07) is 14.6. The molecule has 0 aliphatic heterocycles. The predicted molar refractivity (Wildman–Crippen MR) is 106 cm³/mol. The number of aliphatic carboxylic acids is 1. The van der Waals surface area contributed by atoms with E-state index in [1.165, 1.54) is 18.7 Å². The van der Waals surface area contributed by atoms with Gasteiger partial charge in [0.15, 0.2) is 11.5 Å². The maximum absolute atomic E-state index is 11.1. The number of carboxylic acid groups (broad SMARTS) is 1. The van der Waals surface area contributed by atoms with Crippen molar-refractivity contribution in [3.63, 3.8) is 0 Å². The average molecular weight is 381 g/mol. The number of nitrogens with zero attached hydrogens (tertiary/aromatic N) is 1. The van der Waals surface area contributed by atoms with Gasteiger partial charge in [0.25, 0.3) is 0 Å². The standard InChI is InChI=1S/C22H23NO5/c1-3-5-16-8-10-19(11-9-16)27-12-13-28-21-17(6-4-7-20(21)26-2)14-18(15-23)22(24)25/h4,6-11,14H,3,5,12-13H2,1-2H3,(H,24,25). The van der Waals surface area contributed by atoms with Crippen LogP contribution in [0.15, 0.2) is 48.0 Å². The predicted octanol–water partition coefficient (Wildman–Crippen LogP) is 4.10. The van der Waals surface area contributed by atoms with Crippen molar-refractivity contribution in [2.75, 3.05) is 20.3 Å². The number of methoxy groups -OCH3 is 1. The van der Waals surface area contributed by atoms with E-state index in [-0.39, 0.29) is 12.2 Å². The Kier molecular flexibility index (Phi) is 7.92. The molecule has 146 valence electrons. The Hall–Kier alpha value is -3.46. The lowest BCUT2D eigenvalue weighted by Gasteiger charge is -2.14. The lowest BCUT2D eigenvalue weighted by Crippen LogP contribution is -2.10. The van der Waals surface area contributed by atoms with Gasteiger partial charge in [0.05, 0.1) is 7.11 Å². The quantitative estimate of drug-likeness (QED) is 0.379. The molecule has 0 saturated heterocycles. The highest BCUT2D eigenvalue weighted by Gasteiger charge is 2.13. The third-order valence-electron chi connectivity index (χ3n) is 3.94. The number of carbonyl (C=O) groups is 1. The van der Waals surface area contributed by atoms with Crippen molar-refractivity contribution in [2.24, 2.45) is 0 Å². The van der Waals surface area contributed by atoms with Crippen LogP contribution in [0.4, 0.5) is 0 Å². The van der Waals surface area contributed by atoms with Crippen molar-refractivity contribution in [2.45, 2.75) is 19.8 Å². The highest BCUT2D eigenvalue weighted by Crippen LogP contribution is 2.32. The van der Waals surface area contributed by atoms with E-state index in [1.54, 1.807) is 24.3 Å². The maximum Gasteiger partial charge on any atom is 0.346 e. The summed E-state index contributed by atoms with van der Waals surface area (Å²) in [4.78, 5) is 11.1. The van der Waals surface area contributed by atoms with Crippen molar-refractivity contribution in [1.29, 1.82) is 5.26 Å². The van der Waals surface area contributed by atoms with Crippen LogP contribution >= 0.6 is 0 Å². The van der Waals surface area contributed by atoms with E-state index in [2.05, 4.69) is 6.92 Å². The van der Waals surface area contributed by atoms with Gasteiger partial charge in [0.2, 0.25) is 0 Å². The molecule has 0 spiro atoms. The van der Waals surface area contributed by atoms with Crippen LogP contribution in [0.1, 0.15) is 24.5 Å². The van der Waals surface area contributed by atoms with Gasteiger partial charge in [-0.25, -0.2) is 4.79 Å². The van der Waals surface area contributed by atoms with Crippen molar-refractivity contribution in [1.82, 2.24) is 0 Å². The second-order valence-electron chi connectivity index (χ2n) is 5.94. The minimum Gasteiger partial charge on any atom is -0.493 e. The highest BCUT2D eigenvalue weighted by atomic mass is 16.5. The molecule has 0 aromatic heterocycles. The number of carboxylic acids is 1. The molecular weight excluding hydrogens is 358 g/mol. The van der Waals surface area contributed by atoms with Crippen molar-refractivity contribution in [3.8, 4) is 23.3 Å². The normalized spacial score (nSPS) is 10.8. The summed E-state index contributed by atoms with van der Waals surface area (Å²) in [5.74, 6) is 0.258. The van der Waals surface area contributed by atoms with Crippen LogP contribution in [0.5, 0.6) is 17.2 Å². The Morgan fingerprint density at radius 1 is 1.14 bits per heavy atom. The summed E-state index contributed by atoms with van der Waals surface area (Å²) in [6.07, 6.45) is 3.39. The molecule has 0 amide bonds. The fraction of sp³-hybridized carbons (Fsp3) is 0.273. The summed E-state index contributed by atoms with van der Waals surface area (Å²) in [5, 5.41) is 18.0. The van der Waals surface area contributed by atoms with Crippen LogP contribution in [0, 0.1) is 11.3 Å². The molecule has 0 heterocycles. The maximum atomic E-state index is 11.1. The molecule has 6 heteroatoms. The number of hydrogen-bond acceptors (Lipinski definition) is 5. The minimum atomic E-state index is -1.30. The molecule has 0 aliphatic rings. The van der Waals surface area contributed by atoms with Gasteiger partial charge in [-0.15, -0.1) is 0 Å². The molecular formula is C22H23NO5. The van der Waals surface area contributed by atoms with Gasteiger partial charge in [0, 0.05) is 5.56 Å². The average Bonchev–Trinajstić information content (AvgIpc) is 2.70. The summed E-state index contributed by atoms with van der Waals surface area (Å²) < 4.78 is 16.7. The zero-order valence-electron chi connectivity index (χ0n) is 16.0. The first-order chi connectivity index (χ1) is 13.6. The number of aryl methyl sites for hydroxylation is 1. The first kappa shape index (κ1) is 20.8. The van der Waals surface area contributed by atoms with Crippen LogP contribution in [-0.4, -0.2) is 31.4 Å². The van der Waals surface area contributed by atoms with Gasteiger partial charge in [-0.3, -0.25) is 0 Å². The van der Waals surface area contributed by atoms with E-state index in [1.807, 2.05) is 24.3 Å². The summed E-state index contributed by atoms with van der Waals surface area (Å²) >= 11 is 0. The van der Waals surface area contributed by atoms with Crippen molar-refractivity contribution in [3.05, 3.63) is 59.2 Å². The van der Waals surface area contributed by atoms with Gasteiger partial charge in [-0.1, -0.05) is 37.6 Å². The van der Waals surface area contributed by atoms with E-state index >= 15 is 0 Å². The zero-order valence-corrected chi connectivity index (χ0v) is 16.0. The Morgan fingerprint density at radius 2 is 1.86 bits per heavy atom. The van der Waals surface area contributed by atoms with Crippen LogP contribution in [0.25, 0.3) is 6.08 Å². The molecule has 0 atom stereocenters. The molecule has 0 unspecified atom stereocenters. The SMILES string of the molecule is CCCc1ccc(OCCOc2c(C=C(C#N)C(=O)O)cccc2OC)cc1. The number of benzene rings is 2. The first-order valence-electron chi connectivity index (χ1n) is 8.95. The van der Waals surface area contributed by atoms with Gasteiger partial charge < -0.3 is 19.3 Å². The fourth-order valence-electron chi connectivity index (χ4n) is 2.60. The number of ether oxygens (including phenoxy) is 3. The molecule has 2 rings (SSSR count). The van der Waals surface area contributed by atoms with E-state index < -0.39 is 5.97 Å². The first-order valence-corrected chi connectivity index (χ1v) is 8.95. The second kappa shape index (κ2) is 10.6. The van der Waals surface area contributed by atoms with Gasteiger partial charge in [-0.05, 0) is 36.3 Å². The molecule has 2 aromatic carbocycles. The van der Waals surface area contributed by atoms with Crippen LogP contribution in [-0.2, 0) is 11.2 Å². The highest BCUT2D eigenvalue weighted by molar-refractivity contribution is 5.97. The van der Waals surface area contributed by atoms with E-state index in [0.717, 1.165) is 18.6 Å². The number of para-hydroxylation sites is 1. The largest absolute Gasteiger partial charge is 0.493 e. The molecule has 0 aliphatic carbocycles. The van der Waals surface area contributed by atoms with Gasteiger partial charge in [-0.2, -0.15) is 5.26 Å². The minimum absolute atomic E-state index is 0.229. The van der Waals surface area contributed by atoms with Crippen LogP contribution in [0.3, 0.4) is 0 Å². The van der Waals surface area contributed by atoms with E-state index in [4.69, 9.17) is 24.6 Å². The summed E-state index contributed by atoms with van der Waals surface area (Å²) in [7, 11) is 1.49. The topological polar surface area (TPSA) is 88.8 Å². The van der Waals surface area contributed by atoms with Gasteiger partial charge >= 0.3 is 5.97 Å². The van der Waals surface area contributed by atoms with Crippen molar-refractivity contribution < 1.29 is 24.1 Å². The summed E-state index contributed by atoms with van der Waals surface area (Å²) in [6.45, 7) is 2.67. The van der Waals surface area contributed by atoms with E-state index in [0.29, 0.717) is 23.7 Å². The summed E-state index contributed by atoms with van der Waals surface area (Å²) in [5.41, 5.74) is 1.33. The van der Waals surface area contributed by atoms with E-state index in [9.17, 15) is 4.79 Å². The number of rotatable bonds is 10.